The number of allylic oxidation sites excluding steroid dienone is 1. The van der Waals surface area contributed by atoms with Crippen molar-refractivity contribution >= 4 is 11.9 Å². The number of nitrogens with two attached hydrogens (primary N) is 1. The maximum absolute atomic E-state index is 11.1. The fraction of sp³-hybridized carbons (Fsp3) is 0.556. The first-order valence-corrected chi connectivity index (χ1v) is 4.33. The zero-order chi connectivity index (χ0) is 9.68. The minimum absolute atomic E-state index is 0.211. The van der Waals surface area contributed by atoms with Crippen LogP contribution in [0.15, 0.2) is 12.2 Å². The first-order valence-electron chi connectivity index (χ1n) is 4.33. The number of carbonyl (C=O) groups is 2. The average Bonchev–Trinajstić information content (AvgIpc) is 2.03. The minimum Gasteiger partial charge on any atom is -0.442 e. The third-order valence-corrected chi connectivity index (χ3v) is 1.92. The molecule has 2 N–H and O–H groups in total. The normalized spacial score (nSPS) is 25.8. The van der Waals surface area contributed by atoms with Crippen LogP contribution in [0, 0.1) is 0 Å². The van der Waals surface area contributed by atoms with Gasteiger partial charge in [-0.05, 0) is 18.9 Å². The Bertz CT molecular complexity index is 235. The van der Waals surface area contributed by atoms with Crippen LogP contribution in [0.2, 0.25) is 0 Å². The van der Waals surface area contributed by atoms with Gasteiger partial charge < -0.3 is 10.5 Å². The molecular formula is C9H13NO3. The van der Waals surface area contributed by atoms with Crippen molar-refractivity contribution in [3.63, 3.8) is 0 Å². The summed E-state index contributed by atoms with van der Waals surface area (Å²) in [5, 5.41) is 0. The first-order chi connectivity index (χ1) is 6.18. The van der Waals surface area contributed by atoms with Gasteiger partial charge in [0.2, 0.25) is 0 Å². The number of primary amides is 1. The summed E-state index contributed by atoms with van der Waals surface area (Å²) in [6, 6.07) is 0. The molecule has 72 valence electrons. The Labute approximate surface area is 76.7 Å². The van der Waals surface area contributed by atoms with Gasteiger partial charge in [0.1, 0.15) is 11.9 Å². The molecule has 0 radical (unpaired) electrons. The van der Waals surface area contributed by atoms with Gasteiger partial charge in [0, 0.05) is 12.8 Å². The summed E-state index contributed by atoms with van der Waals surface area (Å²) in [6.07, 6.45) is 4.82. The summed E-state index contributed by atoms with van der Waals surface area (Å²) in [5.41, 5.74) is 4.87. The number of ketones is 1. The Balaban J connectivity index is 2.48. The van der Waals surface area contributed by atoms with Gasteiger partial charge in [0.25, 0.3) is 0 Å². The highest BCUT2D eigenvalue weighted by Crippen LogP contribution is 2.11. The van der Waals surface area contributed by atoms with E-state index < -0.39 is 6.09 Å². The second kappa shape index (κ2) is 4.64. The number of ether oxygens (including phenoxy) is 1. The lowest BCUT2D eigenvalue weighted by Crippen LogP contribution is -2.22. The van der Waals surface area contributed by atoms with Crippen LogP contribution in [-0.4, -0.2) is 18.0 Å². The third-order valence-electron chi connectivity index (χ3n) is 1.92. The summed E-state index contributed by atoms with van der Waals surface area (Å²) in [5.74, 6) is 0.211. The first kappa shape index (κ1) is 9.77. The molecule has 0 aromatic carbocycles. The summed E-state index contributed by atoms with van der Waals surface area (Å²) >= 11 is 0. The van der Waals surface area contributed by atoms with Crippen LogP contribution in [0.5, 0.6) is 0 Å². The standard InChI is InChI=1S/C9H13NO3/c10-9(12)13-8-4-2-1-3-7(11)5-6-8/h2,4,8H,1,3,5-6H2,(H2,10,12)/b4-2+. The van der Waals surface area contributed by atoms with Crippen molar-refractivity contribution < 1.29 is 14.3 Å². The van der Waals surface area contributed by atoms with Crippen molar-refractivity contribution in [2.75, 3.05) is 0 Å². The third kappa shape index (κ3) is 3.73. The molecule has 0 bridgehead atoms. The molecule has 13 heavy (non-hydrogen) atoms. The van der Waals surface area contributed by atoms with Crippen LogP contribution < -0.4 is 5.73 Å². The molecule has 0 fully saturated rings. The SMILES string of the molecule is NC(=O)OC1/C=C/CCC(=O)CC1. The highest BCUT2D eigenvalue weighted by molar-refractivity contribution is 5.78. The molecule has 1 atom stereocenters. The number of hydrogen-bond donors (Lipinski definition) is 1. The van der Waals surface area contributed by atoms with E-state index in [1.165, 1.54) is 0 Å². The largest absolute Gasteiger partial charge is 0.442 e. The fourth-order valence-electron chi connectivity index (χ4n) is 1.26. The predicted octanol–water partition coefficient (Wildman–Crippen LogP) is 1.15. The monoisotopic (exact) mass is 183 g/mol. The molecule has 1 rings (SSSR count). The lowest BCUT2D eigenvalue weighted by Gasteiger charge is -2.13. The molecule has 1 unspecified atom stereocenters. The van der Waals surface area contributed by atoms with E-state index >= 15 is 0 Å². The molecule has 0 saturated carbocycles. The van der Waals surface area contributed by atoms with Gasteiger partial charge in [-0.3, -0.25) is 4.79 Å². The maximum Gasteiger partial charge on any atom is 0.405 e. The Morgan fingerprint density at radius 2 is 2.31 bits per heavy atom. The van der Waals surface area contributed by atoms with Crippen molar-refractivity contribution in [2.45, 2.75) is 31.8 Å². The lowest BCUT2D eigenvalue weighted by atomic mass is 10.0. The Kier molecular flexibility index (Phi) is 3.49. The Morgan fingerprint density at radius 1 is 1.54 bits per heavy atom. The smallest absolute Gasteiger partial charge is 0.405 e. The van der Waals surface area contributed by atoms with E-state index in [1.807, 2.05) is 6.08 Å². The second-order valence-electron chi connectivity index (χ2n) is 3.02. The summed E-state index contributed by atoms with van der Waals surface area (Å²) < 4.78 is 4.77. The highest BCUT2D eigenvalue weighted by atomic mass is 16.6. The number of hydrogen-bond acceptors (Lipinski definition) is 3. The van der Waals surface area contributed by atoms with Gasteiger partial charge in [-0.15, -0.1) is 0 Å². The van der Waals surface area contributed by atoms with Crippen LogP contribution in [0.1, 0.15) is 25.7 Å². The second-order valence-corrected chi connectivity index (χ2v) is 3.02. The number of rotatable bonds is 1. The van der Waals surface area contributed by atoms with Crippen LogP contribution in [0.3, 0.4) is 0 Å². The van der Waals surface area contributed by atoms with E-state index in [2.05, 4.69) is 0 Å². The lowest BCUT2D eigenvalue weighted by molar-refractivity contribution is -0.119. The van der Waals surface area contributed by atoms with Gasteiger partial charge in [0.15, 0.2) is 0 Å². The van der Waals surface area contributed by atoms with Crippen molar-refractivity contribution in [2.24, 2.45) is 5.73 Å². The van der Waals surface area contributed by atoms with Crippen LogP contribution in [0.25, 0.3) is 0 Å². The molecule has 0 heterocycles. The topological polar surface area (TPSA) is 69.4 Å². The molecular weight excluding hydrogens is 170 g/mol. The molecule has 1 amide bonds. The summed E-state index contributed by atoms with van der Waals surface area (Å²) in [4.78, 5) is 21.5. The summed E-state index contributed by atoms with van der Waals surface area (Å²) in [6.45, 7) is 0. The molecule has 0 spiro atoms. The van der Waals surface area contributed by atoms with Crippen LogP contribution in [0.4, 0.5) is 4.79 Å². The molecule has 0 aliphatic heterocycles. The number of amides is 1. The van der Waals surface area contributed by atoms with Crippen molar-refractivity contribution in [3.8, 4) is 0 Å². The number of carbonyl (C=O) groups excluding carboxylic acids is 2. The molecule has 0 aromatic heterocycles. The van der Waals surface area contributed by atoms with E-state index in [0.29, 0.717) is 19.3 Å². The van der Waals surface area contributed by atoms with Crippen molar-refractivity contribution in [3.05, 3.63) is 12.2 Å². The molecule has 1 aliphatic carbocycles. The Hall–Kier alpha value is -1.32. The minimum atomic E-state index is -0.789. The molecule has 4 heteroatoms. The van der Waals surface area contributed by atoms with Gasteiger partial charge >= 0.3 is 6.09 Å². The van der Waals surface area contributed by atoms with Crippen LogP contribution in [-0.2, 0) is 9.53 Å². The maximum atomic E-state index is 11.1. The van der Waals surface area contributed by atoms with Crippen LogP contribution >= 0.6 is 0 Å². The van der Waals surface area contributed by atoms with E-state index in [-0.39, 0.29) is 11.9 Å². The quantitative estimate of drug-likeness (QED) is 0.620. The predicted molar refractivity (Wildman–Crippen MR) is 47.1 cm³/mol. The molecule has 1 aliphatic rings. The molecule has 4 nitrogen and oxygen atoms in total. The fourth-order valence-corrected chi connectivity index (χ4v) is 1.26. The van der Waals surface area contributed by atoms with Crippen molar-refractivity contribution in [1.29, 1.82) is 0 Å². The molecule has 0 aromatic rings. The summed E-state index contributed by atoms with van der Waals surface area (Å²) in [7, 11) is 0. The van der Waals surface area contributed by atoms with E-state index in [0.717, 1.165) is 6.42 Å². The van der Waals surface area contributed by atoms with Gasteiger partial charge in [-0.25, -0.2) is 4.79 Å². The Morgan fingerprint density at radius 3 is 3.00 bits per heavy atom. The highest BCUT2D eigenvalue weighted by Gasteiger charge is 2.13. The average molecular weight is 183 g/mol. The number of Topliss-reactive ketones (excluding diaryl/α,β-unsaturated/α-hetero) is 1. The zero-order valence-corrected chi connectivity index (χ0v) is 7.36. The van der Waals surface area contributed by atoms with E-state index in [9.17, 15) is 9.59 Å². The van der Waals surface area contributed by atoms with E-state index in [4.69, 9.17) is 10.5 Å². The van der Waals surface area contributed by atoms with Gasteiger partial charge in [0.05, 0.1) is 0 Å². The van der Waals surface area contributed by atoms with Gasteiger partial charge in [-0.1, -0.05) is 6.08 Å². The van der Waals surface area contributed by atoms with Gasteiger partial charge in [-0.2, -0.15) is 0 Å². The molecule has 0 saturated heterocycles. The van der Waals surface area contributed by atoms with Crippen molar-refractivity contribution in [1.82, 2.24) is 0 Å². The van der Waals surface area contributed by atoms with E-state index in [1.54, 1.807) is 6.08 Å². The zero-order valence-electron chi connectivity index (χ0n) is 7.36.